The van der Waals surface area contributed by atoms with Crippen LogP contribution in [0, 0.1) is 0 Å². The third-order valence-electron chi connectivity index (χ3n) is 6.03. The number of para-hydroxylation sites is 1. The van der Waals surface area contributed by atoms with Crippen LogP contribution in [0.4, 0.5) is 0 Å². The van der Waals surface area contributed by atoms with Crippen LogP contribution >= 0.6 is 0 Å². The Labute approximate surface area is 207 Å². The van der Waals surface area contributed by atoms with Crippen molar-refractivity contribution in [3.8, 4) is 5.75 Å². The number of hydrogen-bond donors (Lipinski definition) is 2. The number of aromatic carboxylic acids is 1. The molecule has 0 aliphatic carbocycles. The molecule has 36 heavy (non-hydrogen) atoms. The highest BCUT2D eigenvalue weighted by Crippen LogP contribution is 2.26. The van der Waals surface area contributed by atoms with E-state index in [4.69, 9.17) is 4.74 Å². The Hall–Kier alpha value is -4.91. The maximum Gasteiger partial charge on any atom is 0.335 e. The highest BCUT2D eigenvalue weighted by Gasteiger charge is 2.14. The van der Waals surface area contributed by atoms with E-state index in [1.54, 1.807) is 30.5 Å². The fourth-order valence-electron chi connectivity index (χ4n) is 4.29. The molecule has 0 aliphatic heterocycles. The highest BCUT2D eigenvalue weighted by atomic mass is 16.5. The molecule has 0 atom stereocenters. The van der Waals surface area contributed by atoms with Crippen LogP contribution in [0.1, 0.15) is 31.8 Å². The molecule has 5 aromatic rings. The van der Waals surface area contributed by atoms with E-state index in [-0.39, 0.29) is 11.5 Å². The van der Waals surface area contributed by atoms with Crippen LogP contribution in [0.15, 0.2) is 96.2 Å². The van der Waals surface area contributed by atoms with Gasteiger partial charge in [-0.15, -0.1) is 0 Å². The summed E-state index contributed by atoms with van der Waals surface area (Å²) in [6.45, 7) is 0.496. The lowest BCUT2D eigenvalue weighted by atomic mass is 10.1. The Morgan fingerprint density at radius 3 is 2.50 bits per heavy atom. The number of carboxylic acids is 1. The monoisotopic (exact) mass is 477 g/mol. The van der Waals surface area contributed by atoms with Crippen molar-refractivity contribution >= 4 is 39.8 Å². The van der Waals surface area contributed by atoms with Crippen LogP contribution in [0.5, 0.6) is 5.75 Å². The number of carboxylic acid groups (broad SMARTS) is 1. The predicted octanol–water partition coefficient (Wildman–Crippen LogP) is 5.31. The van der Waals surface area contributed by atoms with E-state index in [2.05, 4.69) is 10.5 Å². The number of amides is 1. The number of fused-ring (bicyclic) bond motifs is 2. The summed E-state index contributed by atoms with van der Waals surface area (Å²) in [6.07, 6.45) is 3.54. The van der Waals surface area contributed by atoms with Crippen molar-refractivity contribution in [3.05, 3.63) is 113 Å². The van der Waals surface area contributed by atoms with E-state index in [0.717, 1.165) is 32.8 Å². The Bertz CT molecular complexity index is 1630. The van der Waals surface area contributed by atoms with E-state index in [0.29, 0.717) is 17.9 Å². The number of carbonyl (C=O) groups excluding carboxylic acids is 1. The Morgan fingerprint density at radius 2 is 1.72 bits per heavy atom. The minimum Gasteiger partial charge on any atom is -0.496 e. The normalized spacial score (nSPS) is 11.2. The van der Waals surface area contributed by atoms with Gasteiger partial charge in [-0.1, -0.05) is 54.6 Å². The lowest BCUT2D eigenvalue weighted by molar-refractivity contribution is 0.0696. The first-order valence-electron chi connectivity index (χ1n) is 11.3. The van der Waals surface area contributed by atoms with E-state index in [1.807, 2.05) is 71.4 Å². The average Bonchev–Trinajstić information content (AvgIpc) is 3.25. The second-order valence-corrected chi connectivity index (χ2v) is 8.33. The maximum absolute atomic E-state index is 12.9. The van der Waals surface area contributed by atoms with E-state index in [9.17, 15) is 14.7 Å². The molecule has 1 amide bonds. The van der Waals surface area contributed by atoms with Gasteiger partial charge >= 0.3 is 5.97 Å². The molecule has 0 saturated heterocycles. The number of benzene rings is 4. The molecule has 5 rings (SSSR count). The number of nitrogens with zero attached hydrogens (tertiary/aromatic N) is 2. The van der Waals surface area contributed by atoms with Gasteiger partial charge in [-0.25, -0.2) is 10.2 Å². The van der Waals surface area contributed by atoms with Crippen LogP contribution < -0.4 is 10.2 Å². The Morgan fingerprint density at radius 1 is 0.972 bits per heavy atom. The smallest absolute Gasteiger partial charge is 0.335 e. The number of rotatable bonds is 7. The molecule has 0 spiro atoms. The zero-order valence-corrected chi connectivity index (χ0v) is 19.5. The summed E-state index contributed by atoms with van der Waals surface area (Å²) in [5.74, 6) is -0.856. The van der Waals surface area contributed by atoms with Gasteiger partial charge in [0.1, 0.15) is 5.75 Å². The SMILES string of the molecule is COc1cc2ccccc2cc1C(=O)N/N=C\c1cn(Cc2cccc(C(=O)O)c2)c2ccccc12. The predicted molar refractivity (Wildman–Crippen MR) is 140 cm³/mol. The molecule has 2 N–H and O–H groups in total. The average molecular weight is 478 g/mol. The first kappa shape index (κ1) is 22.9. The first-order chi connectivity index (χ1) is 17.5. The summed E-state index contributed by atoms with van der Waals surface area (Å²) in [4.78, 5) is 24.2. The van der Waals surface area contributed by atoms with Gasteiger partial charge in [-0.05, 0) is 46.7 Å². The van der Waals surface area contributed by atoms with Gasteiger partial charge in [0.25, 0.3) is 5.91 Å². The van der Waals surface area contributed by atoms with Gasteiger partial charge in [0.15, 0.2) is 0 Å². The van der Waals surface area contributed by atoms with Crippen molar-refractivity contribution < 1.29 is 19.4 Å². The third kappa shape index (κ3) is 4.54. The summed E-state index contributed by atoms with van der Waals surface area (Å²) in [6, 6.07) is 26.1. The zero-order chi connectivity index (χ0) is 25.1. The molecule has 1 heterocycles. The Kier molecular flexibility index (Phi) is 6.19. The largest absolute Gasteiger partial charge is 0.496 e. The van der Waals surface area contributed by atoms with Crippen LogP contribution in [0.3, 0.4) is 0 Å². The molecule has 7 nitrogen and oxygen atoms in total. The standard InChI is InChI=1S/C29H23N3O4/c1-36-27-15-21-9-3-2-8-20(21)14-25(27)28(33)31-30-16-23-18-32(26-12-5-4-11-24(23)26)17-19-7-6-10-22(13-19)29(34)35/h2-16,18H,17H2,1H3,(H,31,33)(H,34,35)/b30-16-. The molecule has 1 aromatic heterocycles. The summed E-state index contributed by atoms with van der Waals surface area (Å²) < 4.78 is 7.46. The third-order valence-corrected chi connectivity index (χ3v) is 6.03. The summed E-state index contributed by atoms with van der Waals surface area (Å²) in [5, 5.41) is 16.4. The molecule has 7 heteroatoms. The molecule has 0 bridgehead atoms. The number of carbonyl (C=O) groups is 2. The number of ether oxygens (including phenoxy) is 1. The molecule has 0 aliphatic rings. The molecular formula is C29H23N3O4. The van der Waals surface area contributed by atoms with Crippen LogP contribution in [0.25, 0.3) is 21.7 Å². The van der Waals surface area contributed by atoms with Crippen LogP contribution in [0.2, 0.25) is 0 Å². The molecule has 4 aromatic carbocycles. The maximum atomic E-state index is 12.9. The van der Waals surface area contributed by atoms with Gasteiger partial charge in [-0.2, -0.15) is 5.10 Å². The van der Waals surface area contributed by atoms with Crippen molar-refractivity contribution in [1.82, 2.24) is 9.99 Å². The van der Waals surface area contributed by atoms with Gasteiger partial charge in [0.2, 0.25) is 0 Å². The number of hydrazone groups is 1. The van der Waals surface area contributed by atoms with E-state index >= 15 is 0 Å². The zero-order valence-electron chi connectivity index (χ0n) is 19.5. The molecular weight excluding hydrogens is 454 g/mol. The van der Waals surface area contributed by atoms with E-state index < -0.39 is 5.97 Å². The number of aromatic nitrogens is 1. The summed E-state index contributed by atoms with van der Waals surface area (Å²) in [5.41, 5.74) is 5.92. The van der Waals surface area contributed by atoms with Crippen molar-refractivity contribution in [2.75, 3.05) is 7.11 Å². The highest BCUT2D eigenvalue weighted by molar-refractivity contribution is 6.03. The summed E-state index contributed by atoms with van der Waals surface area (Å²) in [7, 11) is 1.53. The molecule has 0 radical (unpaired) electrons. The number of hydrogen-bond acceptors (Lipinski definition) is 4. The Balaban J connectivity index is 1.40. The van der Waals surface area contributed by atoms with Gasteiger partial charge in [0, 0.05) is 29.2 Å². The van der Waals surface area contributed by atoms with Gasteiger partial charge in [-0.3, -0.25) is 4.79 Å². The fourth-order valence-corrected chi connectivity index (χ4v) is 4.29. The van der Waals surface area contributed by atoms with E-state index in [1.165, 1.54) is 7.11 Å². The topological polar surface area (TPSA) is 92.9 Å². The first-order valence-corrected chi connectivity index (χ1v) is 11.3. The van der Waals surface area contributed by atoms with Crippen molar-refractivity contribution in [2.45, 2.75) is 6.54 Å². The quantitative estimate of drug-likeness (QED) is 0.245. The van der Waals surface area contributed by atoms with Gasteiger partial charge < -0.3 is 14.4 Å². The number of methoxy groups -OCH3 is 1. The van der Waals surface area contributed by atoms with Crippen molar-refractivity contribution in [3.63, 3.8) is 0 Å². The minimum atomic E-state index is -0.958. The summed E-state index contributed by atoms with van der Waals surface area (Å²) >= 11 is 0. The lowest BCUT2D eigenvalue weighted by Crippen LogP contribution is -2.18. The second-order valence-electron chi connectivity index (χ2n) is 8.33. The van der Waals surface area contributed by atoms with Crippen molar-refractivity contribution in [2.24, 2.45) is 5.10 Å². The van der Waals surface area contributed by atoms with Crippen molar-refractivity contribution in [1.29, 1.82) is 0 Å². The van der Waals surface area contributed by atoms with Crippen LogP contribution in [-0.4, -0.2) is 34.9 Å². The lowest BCUT2D eigenvalue weighted by Gasteiger charge is -2.09. The number of nitrogens with one attached hydrogen (secondary N) is 1. The molecule has 0 fully saturated rings. The fraction of sp³-hybridized carbons (Fsp3) is 0.0690. The minimum absolute atomic E-state index is 0.248. The van der Waals surface area contributed by atoms with Gasteiger partial charge in [0.05, 0.1) is 24.5 Å². The molecule has 178 valence electrons. The van der Waals surface area contributed by atoms with Crippen LogP contribution in [-0.2, 0) is 6.54 Å². The second kappa shape index (κ2) is 9.76. The molecule has 0 unspecified atom stereocenters. The molecule has 0 saturated carbocycles.